The lowest BCUT2D eigenvalue weighted by Gasteiger charge is -2.37. The third-order valence-electron chi connectivity index (χ3n) is 4.18. The molecule has 4 atom stereocenters. The molecule has 0 aromatic heterocycles. The minimum absolute atomic E-state index is 0.147. The van der Waals surface area contributed by atoms with Crippen LogP contribution in [0.1, 0.15) is 33.1 Å². The number of hydrogen-bond donors (Lipinski definition) is 2. The predicted octanol–water partition coefficient (Wildman–Crippen LogP) is 0.604. The van der Waals surface area contributed by atoms with Gasteiger partial charge in [-0.25, -0.2) is 0 Å². The smallest absolute Gasteiger partial charge is 0.226 e. The van der Waals surface area contributed by atoms with E-state index < -0.39 is 0 Å². The summed E-state index contributed by atoms with van der Waals surface area (Å²) in [4.78, 5) is 14.3. The maximum atomic E-state index is 12.3. The van der Waals surface area contributed by atoms with Gasteiger partial charge in [0.05, 0.1) is 12.0 Å². The number of nitrogens with one attached hydrogen (secondary N) is 1. The number of carbonyl (C=O) groups is 1. The third-order valence-corrected chi connectivity index (χ3v) is 4.18. The zero-order chi connectivity index (χ0) is 12.4. The quantitative estimate of drug-likeness (QED) is 0.706. The highest BCUT2D eigenvalue weighted by atomic mass is 16.3. The van der Waals surface area contributed by atoms with Crippen LogP contribution in [0.2, 0.25) is 0 Å². The molecule has 0 radical (unpaired) electrons. The molecule has 4 heteroatoms. The molecule has 98 valence electrons. The second-order valence-electron chi connectivity index (χ2n) is 5.70. The lowest BCUT2D eigenvalue weighted by atomic mass is 9.91. The van der Waals surface area contributed by atoms with Crippen LogP contribution in [0.25, 0.3) is 0 Å². The fraction of sp³-hybridized carbons (Fsp3) is 0.923. The Morgan fingerprint density at radius 2 is 2.06 bits per heavy atom. The van der Waals surface area contributed by atoms with Crippen molar-refractivity contribution in [3.05, 3.63) is 0 Å². The number of rotatable bonds is 1. The summed E-state index contributed by atoms with van der Waals surface area (Å²) >= 11 is 0. The molecule has 2 aliphatic heterocycles. The van der Waals surface area contributed by atoms with Gasteiger partial charge >= 0.3 is 0 Å². The van der Waals surface area contributed by atoms with Gasteiger partial charge in [-0.15, -0.1) is 0 Å². The number of aliphatic hydroxyl groups excluding tert-OH is 1. The van der Waals surface area contributed by atoms with Gasteiger partial charge in [-0.3, -0.25) is 4.79 Å². The van der Waals surface area contributed by atoms with Gasteiger partial charge < -0.3 is 15.3 Å². The second-order valence-corrected chi connectivity index (χ2v) is 5.70. The SMILES string of the molecule is CC1CCC(C(=O)N2CCC(O)C(C)C2)CN1. The Bertz CT molecular complexity index is 275. The van der Waals surface area contributed by atoms with Crippen LogP contribution in [-0.2, 0) is 4.79 Å². The molecule has 2 N–H and O–H groups in total. The Kier molecular flexibility index (Phi) is 4.05. The normalized spacial score (nSPS) is 39.1. The van der Waals surface area contributed by atoms with E-state index in [9.17, 15) is 9.90 Å². The maximum absolute atomic E-state index is 12.3. The number of nitrogens with zero attached hydrogens (tertiary/aromatic N) is 1. The highest BCUT2D eigenvalue weighted by molar-refractivity contribution is 5.79. The molecule has 0 aromatic rings. The molecule has 0 spiro atoms. The highest BCUT2D eigenvalue weighted by Crippen LogP contribution is 2.22. The Morgan fingerprint density at radius 1 is 1.29 bits per heavy atom. The molecule has 2 rings (SSSR count). The standard InChI is InChI=1S/C13H24N2O2/c1-9-8-15(6-5-12(9)16)13(17)11-4-3-10(2)14-7-11/h9-12,14,16H,3-8H2,1-2H3. The third kappa shape index (κ3) is 2.99. The van der Waals surface area contributed by atoms with Gasteiger partial charge in [-0.05, 0) is 32.1 Å². The van der Waals surface area contributed by atoms with Crippen molar-refractivity contribution in [2.75, 3.05) is 19.6 Å². The molecule has 2 aliphatic rings. The summed E-state index contributed by atoms with van der Waals surface area (Å²) in [6, 6.07) is 0.543. The predicted molar refractivity (Wildman–Crippen MR) is 66.6 cm³/mol. The van der Waals surface area contributed by atoms with Crippen LogP contribution in [0.5, 0.6) is 0 Å². The molecule has 1 amide bonds. The molecular weight excluding hydrogens is 216 g/mol. The summed E-state index contributed by atoms with van der Waals surface area (Å²) in [6.07, 6.45) is 2.58. The summed E-state index contributed by atoms with van der Waals surface area (Å²) in [5.41, 5.74) is 0. The molecule has 4 nitrogen and oxygen atoms in total. The largest absolute Gasteiger partial charge is 0.393 e. The summed E-state index contributed by atoms with van der Waals surface area (Å²) in [5.74, 6) is 0.639. The fourth-order valence-corrected chi connectivity index (χ4v) is 2.80. The van der Waals surface area contributed by atoms with Crippen LogP contribution in [0.15, 0.2) is 0 Å². The van der Waals surface area contributed by atoms with Crippen molar-refractivity contribution in [2.45, 2.75) is 45.3 Å². The molecule has 4 unspecified atom stereocenters. The van der Waals surface area contributed by atoms with Crippen LogP contribution >= 0.6 is 0 Å². The number of aliphatic hydroxyl groups is 1. The van der Waals surface area contributed by atoms with Crippen LogP contribution in [-0.4, -0.2) is 47.7 Å². The molecule has 0 saturated carbocycles. The fourth-order valence-electron chi connectivity index (χ4n) is 2.80. The van der Waals surface area contributed by atoms with E-state index >= 15 is 0 Å². The first-order valence-corrected chi connectivity index (χ1v) is 6.78. The van der Waals surface area contributed by atoms with Crippen LogP contribution < -0.4 is 5.32 Å². The van der Waals surface area contributed by atoms with Crippen LogP contribution in [0.3, 0.4) is 0 Å². The van der Waals surface area contributed by atoms with Crippen molar-refractivity contribution >= 4 is 5.91 Å². The first-order valence-electron chi connectivity index (χ1n) is 6.78. The number of hydrogen-bond acceptors (Lipinski definition) is 3. The Labute approximate surface area is 103 Å². The lowest BCUT2D eigenvalue weighted by molar-refractivity contribution is -0.139. The molecule has 2 fully saturated rings. The lowest BCUT2D eigenvalue weighted by Crippen LogP contribution is -2.50. The second kappa shape index (κ2) is 5.36. The molecule has 0 bridgehead atoms. The van der Waals surface area contributed by atoms with Gasteiger partial charge in [0.1, 0.15) is 0 Å². The van der Waals surface area contributed by atoms with Gasteiger partial charge in [0.25, 0.3) is 0 Å². The molecule has 17 heavy (non-hydrogen) atoms. The molecule has 0 aliphatic carbocycles. The van der Waals surface area contributed by atoms with E-state index in [0.717, 1.165) is 32.4 Å². The van der Waals surface area contributed by atoms with E-state index in [2.05, 4.69) is 12.2 Å². The van der Waals surface area contributed by atoms with E-state index in [4.69, 9.17) is 0 Å². The first-order chi connectivity index (χ1) is 8.08. The number of likely N-dealkylation sites (tertiary alicyclic amines) is 1. The van der Waals surface area contributed by atoms with E-state index in [0.29, 0.717) is 12.6 Å². The number of carbonyl (C=O) groups excluding carboxylic acids is 1. The van der Waals surface area contributed by atoms with Gasteiger partial charge in [0.15, 0.2) is 0 Å². The van der Waals surface area contributed by atoms with Crippen molar-refractivity contribution in [3.63, 3.8) is 0 Å². The van der Waals surface area contributed by atoms with Crippen LogP contribution in [0, 0.1) is 11.8 Å². The Morgan fingerprint density at radius 3 is 2.65 bits per heavy atom. The van der Waals surface area contributed by atoms with Crippen molar-refractivity contribution in [3.8, 4) is 0 Å². The average molecular weight is 240 g/mol. The van der Waals surface area contributed by atoms with Crippen molar-refractivity contribution < 1.29 is 9.90 Å². The van der Waals surface area contributed by atoms with Gasteiger partial charge in [0.2, 0.25) is 5.91 Å². The maximum Gasteiger partial charge on any atom is 0.226 e. The van der Waals surface area contributed by atoms with Crippen LogP contribution in [0.4, 0.5) is 0 Å². The first kappa shape index (κ1) is 12.8. The topological polar surface area (TPSA) is 52.6 Å². The highest BCUT2D eigenvalue weighted by Gasteiger charge is 2.32. The van der Waals surface area contributed by atoms with E-state index in [-0.39, 0.29) is 23.8 Å². The molecule has 2 saturated heterocycles. The van der Waals surface area contributed by atoms with E-state index in [1.54, 1.807) is 0 Å². The molecular formula is C13H24N2O2. The minimum Gasteiger partial charge on any atom is -0.393 e. The zero-order valence-corrected chi connectivity index (χ0v) is 10.9. The number of piperidine rings is 2. The Hall–Kier alpha value is -0.610. The van der Waals surface area contributed by atoms with Crippen molar-refractivity contribution in [1.29, 1.82) is 0 Å². The number of amides is 1. The summed E-state index contributed by atoms with van der Waals surface area (Å²) in [5, 5.41) is 13.0. The van der Waals surface area contributed by atoms with Gasteiger partial charge in [-0.1, -0.05) is 6.92 Å². The molecule has 2 heterocycles. The van der Waals surface area contributed by atoms with Crippen molar-refractivity contribution in [2.24, 2.45) is 11.8 Å². The summed E-state index contributed by atoms with van der Waals surface area (Å²) in [6.45, 7) is 6.43. The van der Waals surface area contributed by atoms with Gasteiger partial charge in [-0.2, -0.15) is 0 Å². The summed E-state index contributed by atoms with van der Waals surface area (Å²) in [7, 11) is 0. The van der Waals surface area contributed by atoms with Gasteiger partial charge in [0, 0.05) is 25.7 Å². The average Bonchev–Trinajstić information content (AvgIpc) is 2.33. The van der Waals surface area contributed by atoms with E-state index in [1.165, 1.54) is 0 Å². The zero-order valence-electron chi connectivity index (χ0n) is 10.9. The summed E-state index contributed by atoms with van der Waals surface area (Å²) < 4.78 is 0. The Balaban J connectivity index is 1.87. The molecule has 0 aromatic carbocycles. The minimum atomic E-state index is -0.233. The van der Waals surface area contributed by atoms with Crippen molar-refractivity contribution in [1.82, 2.24) is 10.2 Å². The van der Waals surface area contributed by atoms with E-state index in [1.807, 2.05) is 11.8 Å². The monoisotopic (exact) mass is 240 g/mol.